The van der Waals surface area contributed by atoms with Gasteiger partial charge in [-0.25, -0.2) is 0 Å². The number of hydrogen-bond donors (Lipinski definition) is 1. The molecule has 0 aromatic rings. The number of methoxy groups -OCH3 is 1. The zero-order chi connectivity index (χ0) is 21.0. The second-order valence-corrected chi connectivity index (χ2v) is 9.64. The van der Waals surface area contributed by atoms with Gasteiger partial charge in [0, 0.05) is 24.2 Å². The standard InChI is InChI=1S/C24H32O5/c1-15(25)29-14-21(26)24(27)12-9-20-18-6-5-16-13-17(28-4)7-10-22(16,2)19(18)8-11-23(20,24)3/h5,8,13,18,20,27H,6-7,9-12,14H2,1-4H3/t18-,20+,22+,23+,24+/m1/s1. The van der Waals surface area contributed by atoms with Crippen LogP contribution in [0.2, 0.25) is 0 Å². The molecular formula is C24H32O5. The number of Topliss-reactive ketones (excluding diaryl/α,β-unsaturated/α-hetero) is 1. The Bertz CT molecular complexity index is 836. The predicted octanol–water partition coefficient (Wildman–Crippen LogP) is 3.87. The maximum absolute atomic E-state index is 12.9. The van der Waals surface area contributed by atoms with Crippen LogP contribution in [0.5, 0.6) is 0 Å². The summed E-state index contributed by atoms with van der Waals surface area (Å²) in [6.45, 7) is 5.32. The van der Waals surface area contributed by atoms with E-state index in [9.17, 15) is 14.7 Å². The smallest absolute Gasteiger partial charge is 0.303 e. The van der Waals surface area contributed by atoms with Crippen LogP contribution < -0.4 is 0 Å². The molecule has 1 fully saturated rings. The van der Waals surface area contributed by atoms with Gasteiger partial charge in [-0.15, -0.1) is 0 Å². The molecule has 0 radical (unpaired) electrons. The van der Waals surface area contributed by atoms with Gasteiger partial charge in [0.1, 0.15) is 5.60 Å². The van der Waals surface area contributed by atoms with Gasteiger partial charge in [-0.2, -0.15) is 0 Å². The number of carbonyl (C=O) groups is 2. The summed E-state index contributed by atoms with van der Waals surface area (Å²) in [5, 5.41) is 11.5. The van der Waals surface area contributed by atoms with Crippen LogP contribution in [0.1, 0.15) is 59.3 Å². The van der Waals surface area contributed by atoms with E-state index in [-0.39, 0.29) is 23.7 Å². The first-order valence-corrected chi connectivity index (χ1v) is 10.7. The summed E-state index contributed by atoms with van der Waals surface area (Å²) in [7, 11) is 1.73. The Hall–Kier alpha value is -1.88. The third kappa shape index (κ3) is 2.84. The number of allylic oxidation sites excluding steroid dienone is 6. The van der Waals surface area contributed by atoms with Crippen molar-refractivity contribution in [2.24, 2.45) is 22.7 Å². The van der Waals surface area contributed by atoms with E-state index in [4.69, 9.17) is 9.47 Å². The molecule has 4 aliphatic rings. The first kappa shape index (κ1) is 20.4. The minimum absolute atomic E-state index is 0.00866. The molecule has 0 saturated heterocycles. The molecule has 0 spiro atoms. The highest BCUT2D eigenvalue weighted by atomic mass is 16.5. The van der Waals surface area contributed by atoms with Crippen LogP contribution in [-0.2, 0) is 19.1 Å². The number of aliphatic hydroxyl groups is 1. The predicted molar refractivity (Wildman–Crippen MR) is 109 cm³/mol. The monoisotopic (exact) mass is 400 g/mol. The molecule has 0 aromatic carbocycles. The van der Waals surface area contributed by atoms with Gasteiger partial charge in [0.2, 0.25) is 5.78 Å². The molecular weight excluding hydrogens is 368 g/mol. The van der Waals surface area contributed by atoms with Gasteiger partial charge in [-0.05, 0) is 55.6 Å². The van der Waals surface area contributed by atoms with Crippen LogP contribution in [0.25, 0.3) is 0 Å². The van der Waals surface area contributed by atoms with Crippen LogP contribution in [0, 0.1) is 22.7 Å². The Kier molecular flexibility index (Phi) is 4.80. The molecule has 0 bridgehead atoms. The van der Waals surface area contributed by atoms with E-state index in [1.165, 1.54) is 18.1 Å². The average Bonchev–Trinajstić information content (AvgIpc) is 2.97. The number of esters is 1. The maximum Gasteiger partial charge on any atom is 0.303 e. The molecule has 0 unspecified atom stereocenters. The molecule has 5 heteroatoms. The lowest BCUT2D eigenvalue weighted by Gasteiger charge is -2.53. The van der Waals surface area contributed by atoms with E-state index in [0.717, 1.165) is 31.4 Å². The highest BCUT2D eigenvalue weighted by Crippen LogP contribution is 2.65. The van der Waals surface area contributed by atoms with Crippen molar-refractivity contribution in [3.05, 3.63) is 35.1 Å². The summed E-state index contributed by atoms with van der Waals surface area (Å²) in [6, 6.07) is 0. The second kappa shape index (κ2) is 6.83. The summed E-state index contributed by atoms with van der Waals surface area (Å²) < 4.78 is 10.4. The first-order chi connectivity index (χ1) is 13.7. The van der Waals surface area contributed by atoms with E-state index >= 15 is 0 Å². The molecule has 0 aliphatic heterocycles. The summed E-state index contributed by atoms with van der Waals surface area (Å²) in [5.41, 5.74) is 0.860. The van der Waals surface area contributed by atoms with Gasteiger partial charge in [0.25, 0.3) is 0 Å². The number of carbonyl (C=O) groups excluding carboxylic acids is 2. The zero-order valence-corrected chi connectivity index (χ0v) is 17.9. The molecule has 5 atom stereocenters. The molecule has 5 nitrogen and oxygen atoms in total. The topological polar surface area (TPSA) is 72.8 Å². The third-order valence-corrected chi connectivity index (χ3v) is 8.40. The van der Waals surface area contributed by atoms with E-state index in [2.05, 4.69) is 32.1 Å². The Morgan fingerprint density at radius 3 is 2.69 bits per heavy atom. The van der Waals surface area contributed by atoms with Gasteiger partial charge in [-0.3, -0.25) is 9.59 Å². The van der Waals surface area contributed by atoms with E-state index in [0.29, 0.717) is 18.8 Å². The molecule has 29 heavy (non-hydrogen) atoms. The maximum atomic E-state index is 12.9. The number of hydrogen-bond acceptors (Lipinski definition) is 5. The summed E-state index contributed by atoms with van der Waals surface area (Å²) in [5.74, 6) is 0.774. The molecule has 4 rings (SSSR count). The minimum atomic E-state index is -1.43. The fourth-order valence-electron chi connectivity index (χ4n) is 6.53. The van der Waals surface area contributed by atoms with Crippen molar-refractivity contribution in [1.82, 2.24) is 0 Å². The van der Waals surface area contributed by atoms with Gasteiger partial charge < -0.3 is 14.6 Å². The van der Waals surface area contributed by atoms with Crippen LogP contribution in [0.3, 0.4) is 0 Å². The fraction of sp³-hybridized carbons (Fsp3) is 0.667. The molecule has 0 heterocycles. The van der Waals surface area contributed by atoms with Crippen molar-refractivity contribution < 1.29 is 24.2 Å². The lowest BCUT2D eigenvalue weighted by Crippen LogP contribution is -2.55. The normalized spacial score (nSPS) is 40.5. The molecule has 1 saturated carbocycles. The number of ether oxygens (including phenoxy) is 2. The van der Waals surface area contributed by atoms with Crippen molar-refractivity contribution in [2.75, 3.05) is 13.7 Å². The summed E-state index contributed by atoms with van der Waals surface area (Å²) in [4.78, 5) is 24.0. The van der Waals surface area contributed by atoms with Crippen LogP contribution in [0.15, 0.2) is 35.1 Å². The Balaban J connectivity index is 1.65. The van der Waals surface area contributed by atoms with Crippen molar-refractivity contribution in [3.8, 4) is 0 Å². The lowest BCUT2D eigenvalue weighted by atomic mass is 9.51. The average molecular weight is 401 g/mol. The van der Waals surface area contributed by atoms with Crippen molar-refractivity contribution in [1.29, 1.82) is 0 Å². The van der Waals surface area contributed by atoms with Crippen LogP contribution in [0.4, 0.5) is 0 Å². The Morgan fingerprint density at radius 1 is 1.24 bits per heavy atom. The fourth-order valence-corrected chi connectivity index (χ4v) is 6.53. The molecule has 0 aromatic heterocycles. The second-order valence-electron chi connectivity index (χ2n) is 9.64. The van der Waals surface area contributed by atoms with Gasteiger partial charge in [-0.1, -0.05) is 31.6 Å². The van der Waals surface area contributed by atoms with Crippen molar-refractivity contribution in [3.63, 3.8) is 0 Å². The van der Waals surface area contributed by atoms with Crippen molar-refractivity contribution >= 4 is 11.8 Å². The van der Waals surface area contributed by atoms with E-state index < -0.39 is 17.0 Å². The Morgan fingerprint density at radius 2 is 2.00 bits per heavy atom. The molecule has 158 valence electrons. The number of rotatable bonds is 4. The third-order valence-electron chi connectivity index (χ3n) is 8.40. The van der Waals surface area contributed by atoms with E-state index in [1.807, 2.05) is 0 Å². The van der Waals surface area contributed by atoms with E-state index in [1.54, 1.807) is 7.11 Å². The van der Waals surface area contributed by atoms with Gasteiger partial charge >= 0.3 is 5.97 Å². The highest BCUT2D eigenvalue weighted by Gasteiger charge is 2.64. The van der Waals surface area contributed by atoms with Crippen LogP contribution in [-0.4, -0.2) is 36.2 Å². The summed E-state index contributed by atoms with van der Waals surface area (Å²) in [6.07, 6.45) is 11.7. The quantitative estimate of drug-likeness (QED) is 0.573. The molecule has 0 amide bonds. The highest BCUT2D eigenvalue weighted by molar-refractivity contribution is 5.91. The molecule has 4 aliphatic carbocycles. The lowest BCUT2D eigenvalue weighted by molar-refractivity contribution is -0.162. The van der Waals surface area contributed by atoms with Gasteiger partial charge in [0.05, 0.1) is 12.9 Å². The van der Waals surface area contributed by atoms with Crippen molar-refractivity contribution in [2.45, 2.75) is 64.9 Å². The number of ketones is 1. The Labute approximate surface area is 172 Å². The first-order valence-electron chi connectivity index (χ1n) is 10.7. The van der Waals surface area contributed by atoms with Crippen LogP contribution >= 0.6 is 0 Å². The SMILES string of the molecule is COC1=CC2=CC[C@@H]3C(=CC[C@@]4(C)[C@H]3CC[C@]4(O)C(=O)COC(C)=O)[C@@]2(C)CC1. The largest absolute Gasteiger partial charge is 0.501 e. The zero-order valence-electron chi connectivity index (χ0n) is 17.9. The summed E-state index contributed by atoms with van der Waals surface area (Å²) >= 11 is 0. The number of fused-ring (bicyclic) bond motifs is 5. The molecule has 1 N–H and O–H groups in total. The van der Waals surface area contributed by atoms with Gasteiger partial charge in [0.15, 0.2) is 6.61 Å². The minimum Gasteiger partial charge on any atom is -0.501 e.